The minimum Gasteiger partial charge on any atom is -0.493 e. The molecule has 2 nitrogen and oxygen atoms in total. The molecule has 0 heterocycles. The summed E-state index contributed by atoms with van der Waals surface area (Å²) < 4.78 is 11.0. The Morgan fingerprint density at radius 1 is 1.31 bits per heavy atom. The van der Waals surface area contributed by atoms with Crippen LogP contribution in [0.3, 0.4) is 0 Å². The second kappa shape index (κ2) is 7.39. The normalized spacial score (nSPS) is 10.2. The van der Waals surface area contributed by atoms with E-state index in [9.17, 15) is 0 Å². The lowest BCUT2D eigenvalue weighted by Gasteiger charge is -2.13. The molecule has 1 rings (SSSR count). The van der Waals surface area contributed by atoms with Crippen molar-refractivity contribution in [2.45, 2.75) is 26.2 Å². The van der Waals surface area contributed by atoms with Crippen LogP contribution in [-0.4, -0.2) is 19.6 Å². The van der Waals surface area contributed by atoms with Gasteiger partial charge >= 0.3 is 0 Å². The van der Waals surface area contributed by atoms with Crippen LogP contribution < -0.4 is 9.47 Å². The Morgan fingerprint density at radius 3 is 2.75 bits per heavy atom. The Kier molecular flexibility index (Phi) is 6.09. The molecule has 0 aliphatic heterocycles. The van der Waals surface area contributed by atoms with Gasteiger partial charge in [0.25, 0.3) is 0 Å². The molecule has 90 valence electrons. The SMILES string of the molecule is CCCOc1cccc(CCCCl)c1OC. The van der Waals surface area contributed by atoms with Gasteiger partial charge in [-0.1, -0.05) is 19.1 Å². The van der Waals surface area contributed by atoms with Crippen LogP contribution in [0.25, 0.3) is 0 Å². The molecule has 3 heteroatoms. The van der Waals surface area contributed by atoms with Gasteiger partial charge in [0.1, 0.15) is 0 Å². The minimum atomic E-state index is 0.670. The van der Waals surface area contributed by atoms with Gasteiger partial charge in [-0.3, -0.25) is 0 Å². The van der Waals surface area contributed by atoms with Crippen LogP contribution in [0.1, 0.15) is 25.3 Å². The van der Waals surface area contributed by atoms with Gasteiger partial charge in [0.15, 0.2) is 11.5 Å². The van der Waals surface area contributed by atoms with Gasteiger partial charge in [0.2, 0.25) is 0 Å². The second-order valence-corrected chi connectivity index (χ2v) is 3.97. The smallest absolute Gasteiger partial charge is 0.163 e. The minimum absolute atomic E-state index is 0.670. The standard InChI is InChI=1S/C13H19ClO2/c1-3-10-16-12-8-4-6-11(7-5-9-14)13(12)15-2/h4,6,8H,3,5,7,9-10H2,1-2H3. The van der Waals surface area contributed by atoms with Crippen LogP contribution in [0.5, 0.6) is 11.5 Å². The molecule has 1 aromatic rings. The highest BCUT2D eigenvalue weighted by Gasteiger charge is 2.09. The highest BCUT2D eigenvalue weighted by molar-refractivity contribution is 6.17. The van der Waals surface area contributed by atoms with Gasteiger partial charge in [0.05, 0.1) is 13.7 Å². The first-order chi connectivity index (χ1) is 7.83. The Morgan fingerprint density at radius 2 is 2.12 bits per heavy atom. The fourth-order valence-electron chi connectivity index (χ4n) is 1.57. The lowest BCUT2D eigenvalue weighted by Crippen LogP contribution is -2.00. The van der Waals surface area contributed by atoms with Crippen molar-refractivity contribution in [3.63, 3.8) is 0 Å². The van der Waals surface area contributed by atoms with Crippen molar-refractivity contribution < 1.29 is 9.47 Å². The van der Waals surface area contributed by atoms with Gasteiger partial charge in [-0.05, 0) is 30.9 Å². The highest BCUT2D eigenvalue weighted by Crippen LogP contribution is 2.31. The monoisotopic (exact) mass is 242 g/mol. The van der Waals surface area contributed by atoms with Crippen molar-refractivity contribution >= 4 is 11.6 Å². The molecule has 0 aliphatic carbocycles. The van der Waals surface area contributed by atoms with E-state index in [-0.39, 0.29) is 0 Å². The van der Waals surface area contributed by atoms with Crippen LogP contribution in [0.15, 0.2) is 18.2 Å². The summed E-state index contributed by atoms with van der Waals surface area (Å²) in [6.45, 7) is 2.80. The number of para-hydroxylation sites is 1. The molecular formula is C13H19ClO2. The molecule has 0 spiro atoms. The van der Waals surface area contributed by atoms with E-state index in [0.29, 0.717) is 5.88 Å². The van der Waals surface area contributed by atoms with Crippen molar-refractivity contribution in [3.8, 4) is 11.5 Å². The van der Waals surface area contributed by atoms with Crippen LogP contribution in [-0.2, 0) is 6.42 Å². The first-order valence-electron chi connectivity index (χ1n) is 5.68. The van der Waals surface area contributed by atoms with Gasteiger partial charge in [-0.25, -0.2) is 0 Å². The molecule has 0 saturated carbocycles. The highest BCUT2D eigenvalue weighted by atomic mass is 35.5. The number of methoxy groups -OCH3 is 1. The van der Waals surface area contributed by atoms with E-state index in [0.717, 1.165) is 42.9 Å². The maximum Gasteiger partial charge on any atom is 0.163 e. The van der Waals surface area contributed by atoms with Crippen LogP contribution in [0.2, 0.25) is 0 Å². The first kappa shape index (κ1) is 13.2. The maximum absolute atomic E-state index is 5.70. The number of rotatable bonds is 7. The zero-order valence-corrected chi connectivity index (χ0v) is 10.7. The summed E-state index contributed by atoms with van der Waals surface area (Å²) in [6, 6.07) is 6.00. The van der Waals surface area contributed by atoms with Crippen molar-refractivity contribution in [2.24, 2.45) is 0 Å². The Balaban J connectivity index is 2.82. The van der Waals surface area contributed by atoms with Crippen molar-refractivity contribution in [2.75, 3.05) is 19.6 Å². The molecule has 0 fully saturated rings. The number of ether oxygens (including phenoxy) is 2. The fourth-order valence-corrected chi connectivity index (χ4v) is 1.71. The number of aryl methyl sites for hydroxylation is 1. The fraction of sp³-hybridized carbons (Fsp3) is 0.538. The average Bonchev–Trinajstić information content (AvgIpc) is 2.33. The number of benzene rings is 1. The Bertz CT molecular complexity index is 287. The molecule has 0 radical (unpaired) electrons. The van der Waals surface area contributed by atoms with E-state index in [1.807, 2.05) is 12.1 Å². The summed E-state index contributed by atoms with van der Waals surface area (Å²) in [5.74, 6) is 2.35. The molecule has 0 atom stereocenters. The van der Waals surface area contributed by atoms with E-state index >= 15 is 0 Å². The topological polar surface area (TPSA) is 18.5 Å². The molecule has 0 unspecified atom stereocenters. The lowest BCUT2D eigenvalue weighted by atomic mass is 10.1. The predicted octanol–water partition coefficient (Wildman–Crippen LogP) is 3.66. The average molecular weight is 243 g/mol. The van der Waals surface area contributed by atoms with Gasteiger partial charge in [0, 0.05) is 5.88 Å². The molecule has 0 aromatic heterocycles. The maximum atomic E-state index is 5.70. The van der Waals surface area contributed by atoms with E-state index in [1.165, 1.54) is 0 Å². The number of hydrogen-bond acceptors (Lipinski definition) is 2. The predicted molar refractivity (Wildman–Crippen MR) is 67.8 cm³/mol. The first-order valence-corrected chi connectivity index (χ1v) is 6.21. The number of halogens is 1. The molecule has 0 saturated heterocycles. The molecule has 0 N–H and O–H groups in total. The van der Waals surface area contributed by atoms with Gasteiger partial charge in [-0.2, -0.15) is 0 Å². The number of alkyl halides is 1. The molecule has 0 bridgehead atoms. The van der Waals surface area contributed by atoms with Crippen molar-refractivity contribution in [1.82, 2.24) is 0 Å². The van der Waals surface area contributed by atoms with E-state index in [2.05, 4.69) is 13.0 Å². The van der Waals surface area contributed by atoms with Crippen LogP contribution >= 0.6 is 11.6 Å². The zero-order valence-electron chi connectivity index (χ0n) is 9.96. The number of hydrogen-bond donors (Lipinski definition) is 0. The van der Waals surface area contributed by atoms with E-state index in [4.69, 9.17) is 21.1 Å². The zero-order chi connectivity index (χ0) is 11.8. The Labute approximate surface area is 103 Å². The molecule has 0 aliphatic rings. The third-order valence-electron chi connectivity index (χ3n) is 2.31. The summed E-state index contributed by atoms with van der Waals surface area (Å²) >= 11 is 5.70. The van der Waals surface area contributed by atoms with E-state index < -0.39 is 0 Å². The summed E-state index contributed by atoms with van der Waals surface area (Å²) in [5, 5.41) is 0. The third-order valence-corrected chi connectivity index (χ3v) is 2.57. The lowest BCUT2D eigenvalue weighted by molar-refractivity contribution is 0.293. The largest absolute Gasteiger partial charge is 0.493 e. The summed E-state index contributed by atoms with van der Waals surface area (Å²) in [7, 11) is 1.68. The molecule has 1 aromatic carbocycles. The quantitative estimate of drug-likeness (QED) is 0.680. The molecule has 0 amide bonds. The third kappa shape index (κ3) is 3.60. The molecular weight excluding hydrogens is 224 g/mol. The van der Waals surface area contributed by atoms with Crippen LogP contribution in [0.4, 0.5) is 0 Å². The summed E-state index contributed by atoms with van der Waals surface area (Å²) in [4.78, 5) is 0. The summed E-state index contributed by atoms with van der Waals surface area (Å²) in [5.41, 5.74) is 1.16. The van der Waals surface area contributed by atoms with Crippen molar-refractivity contribution in [1.29, 1.82) is 0 Å². The van der Waals surface area contributed by atoms with Crippen LogP contribution in [0, 0.1) is 0 Å². The molecule has 16 heavy (non-hydrogen) atoms. The second-order valence-electron chi connectivity index (χ2n) is 3.59. The van der Waals surface area contributed by atoms with Gasteiger partial charge < -0.3 is 9.47 Å². The Hall–Kier alpha value is -0.890. The van der Waals surface area contributed by atoms with Crippen molar-refractivity contribution in [3.05, 3.63) is 23.8 Å². The van der Waals surface area contributed by atoms with E-state index in [1.54, 1.807) is 7.11 Å². The summed E-state index contributed by atoms with van der Waals surface area (Å²) in [6.07, 6.45) is 2.88. The van der Waals surface area contributed by atoms with Gasteiger partial charge in [-0.15, -0.1) is 11.6 Å².